The zero-order chi connectivity index (χ0) is 10.9. The van der Waals surface area contributed by atoms with E-state index in [9.17, 15) is 4.79 Å². The molecule has 0 saturated heterocycles. The molecule has 2 fully saturated rings. The highest BCUT2D eigenvalue weighted by Crippen LogP contribution is 2.38. The lowest BCUT2D eigenvalue weighted by atomic mass is 9.88. The second-order valence-corrected chi connectivity index (χ2v) is 6.51. The number of carbonyl (C=O) groups is 1. The Labute approximate surface area is 100 Å². The van der Waals surface area contributed by atoms with Gasteiger partial charge in [0.15, 0.2) is 0 Å². The molecule has 0 aromatic heterocycles. The molecule has 0 heterocycles. The summed E-state index contributed by atoms with van der Waals surface area (Å²) in [6, 6.07) is 0. The van der Waals surface area contributed by atoms with Crippen molar-refractivity contribution in [3.05, 3.63) is 0 Å². The van der Waals surface area contributed by atoms with Crippen molar-refractivity contribution in [2.75, 3.05) is 6.54 Å². The monoisotopic (exact) mass is 273 g/mol. The first-order valence-electron chi connectivity index (χ1n) is 6.04. The van der Waals surface area contributed by atoms with E-state index in [2.05, 4.69) is 28.2 Å². The third-order valence-corrected chi connectivity index (χ3v) is 4.92. The summed E-state index contributed by atoms with van der Waals surface area (Å²) in [4.78, 5) is 12.5. The van der Waals surface area contributed by atoms with Crippen LogP contribution in [-0.2, 0) is 4.79 Å². The van der Waals surface area contributed by atoms with Gasteiger partial charge in [-0.05, 0) is 31.6 Å². The maximum Gasteiger partial charge on any atom is 0.225 e. The molecule has 2 saturated carbocycles. The number of hydrogen-bond donors (Lipinski definition) is 1. The Kier molecular flexibility index (Phi) is 3.39. The molecule has 0 radical (unpaired) electrons. The van der Waals surface area contributed by atoms with E-state index in [1.54, 1.807) is 0 Å². The highest BCUT2D eigenvalue weighted by molar-refractivity contribution is 9.09. The highest BCUT2D eigenvalue weighted by Gasteiger charge is 2.37. The molecule has 15 heavy (non-hydrogen) atoms. The minimum Gasteiger partial charge on any atom is -0.354 e. The van der Waals surface area contributed by atoms with E-state index in [-0.39, 0.29) is 11.3 Å². The minimum absolute atomic E-state index is 0.0731. The van der Waals surface area contributed by atoms with Gasteiger partial charge in [0.05, 0.1) is 0 Å². The van der Waals surface area contributed by atoms with Crippen molar-refractivity contribution in [1.82, 2.24) is 5.32 Å². The van der Waals surface area contributed by atoms with Gasteiger partial charge in [0, 0.05) is 16.8 Å². The molecular formula is C12H20BrNO. The van der Waals surface area contributed by atoms with Gasteiger partial charge in [-0.15, -0.1) is 0 Å². The van der Waals surface area contributed by atoms with Crippen LogP contribution in [0.15, 0.2) is 0 Å². The van der Waals surface area contributed by atoms with Gasteiger partial charge in [-0.3, -0.25) is 4.79 Å². The van der Waals surface area contributed by atoms with Crippen LogP contribution in [-0.4, -0.2) is 17.3 Å². The molecule has 0 aromatic carbocycles. The van der Waals surface area contributed by atoms with E-state index >= 15 is 0 Å². The van der Waals surface area contributed by atoms with Crippen LogP contribution >= 0.6 is 15.9 Å². The predicted octanol–water partition coefficient (Wildman–Crippen LogP) is 2.86. The van der Waals surface area contributed by atoms with Crippen molar-refractivity contribution in [3.63, 3.8) is 0 Å². The van der Waals surface area contributed by atoms with Gasteiger partial charge in [-0.25, -0.2) is 0 Å². The molecule has 86 valence electrons. The van der Waals surface area contributed by atoms with Crippen molar-refractivity contribution in [2.45, 2.75) is 50.3 Å². The quantitative estimate of drug-likeness (QED) is 0.785. The van der Waals surface area contributed by atoms with E-state index < -0.39 is 0 Å². The van der Waals surface area contributed by atoms with E-state index in [0.717, 1.165) is 25.3 Å². The van der Waals surface area contributed by atoms with E-state index in [4.69, 9.17) is 0 Å². The molecule has 1 unspecified atom stereocenters. The van der Waals surface area contributed by atoms with Gasteiger partial charge in [0.1, 0.15) is 0 Å². The second kappa shape index (κ2) is 4.44. The number of alkyl halides is 1. The molecule has 1 N–H and O–H groups in total. The van der Waals surface area contributed by atoms with Crippen molar-refractivity contribution in [1.29, 1.82) is 0 Å². The largest absolute Gasteiger partial charge is 0.354 e. The summed E-state index contributed by atoms with van der Waals surface area (Å²) in [5, 5.41) is 3.10. The van der Waals surface area contributed by atoms with Crippen LogP contribution < -0.4 is 5.32 Å². The van der Waals surface area contributed by atoms with Gasteiger partial charge in [0.25, 0.3) is 0 Å². The number of amides is 1. The van der Waals surface area contributed by atoms with Crippen molar-refractivity contribution >= 4 is 21.8 Å². The summed E-state index contributed by atoms with van der Waals surface area (Å²) in [5.74, 6) is 1.08. The van der Waals surface area contributed by atoms with Crippen LogP contribution in [0.25, 0.3) is 0 Å². The Balaban J connectivity index is 1.75. The Bertz CT molecular complexity index is 244. The summed E-state index contributed by atoms with van der Waals surface area (Å²) < 4.78 is 0. The van der Waals surface area contributed by atoms with Gasteiger partial charge in [-0.1, -0.05) is 35.7 Å². The fourth-order valence-corrected chi connectivity index (χ4v) is 3.10. The summed E-state index contributed by atoms with van der Waals surface area (Å²) in [7, 11) is 0. The third kappa shape index (κ3) is 2.74. The van der Waals surface area contributed by atoms with Crippen LogP contribution in [0.5, 0.6) is 0 Å². The van der Waals surface area contributed by atoms with Gasteiger partial charge in [-0.2, -0.15) is 0 Å². The molecule has 0 spiro atoms. The Morgan fingerprint density at radius 2 is 2.07 bits per heavy atom. The topological polar surface area (TPSA) is 29.1 Å². The second-order valence-electron chi connectivity index (χ2n) is 5.33. The first-order chi connectivity index (χ1) is 7.12. The average molecular weight is 274 g/mol. The number of nitrogens with one attached hydrogen (secondary N) is 1. The molecular weight excluding hydrogens is 254 g/mol. The van der Waals surface area contributed by atoms with Crippen molar-refractivity contribution < 1.29 is 4.79 Å². The maximum absolute atomic E-state index is 12.0. The molecule has 2 aliphatic carbocycles. The molecule has 0 aliphatic heterocycles. The number of hydrogen-bond acceptors (Lipinski definition) is 1. The zero-order valence-corrected chi connectivity index (χ0v) is 11.0. The van der Waals surface area contributed by atoms with Gasteiger partial charge in [0.2, 0.25) is 5.91 Å². The van der Waals surface area contributed by atoms with E-state index in [1.165, 1.54) is 25.7 Å². The van der Waals surface area contributed by atoms with Gasteiger partial charge >= 0.3 is 0 Å². The first kappa shape index (κ1) is 11.4. The maximum atomic E-state index is 12.0. The minimum atomic E-state index is -0.0731. The lowest BCUT2D eigenvalue weighted by Crippen LogP contribution is -2.40. The SMILES string of the molecule is CC1(C(=O)NCC(Br)C2CC2)CCCC1. The van der Waals surface area contributed by atoms with Crippen molar-refractivity contribution in [2.24, 2.45) is 11.3 Å². The Morgan fingerprint density at radius 1 is 1.47 bits per heavy atom. The van der Waals surface area contributed by atoms with Crippen LogP contribution in [0.4, 0.5) is 0 Å². The molecule has 2 aliphatic rings. The number of rotatable bonds is 4. The van der Waals surface area contributed by atoms with Crippen LogP contribution in [0, 0.1) is 11.3 Å². The van der Waals surface area contributed by atoms with Crippen molar-refractivity contribution in [3.8, 4) is 0 Å². The van der Waals surface area contributed by atoms with E-state index in [1.807, 2.05) is 0 Å². The summed E-state index contributed by atoms with van der Waals surface area (Å²) >= 11 is 3.64. The predicted molar refractivity (Wildman–Crippen MR) is 65.0 cm³/mol. The fraction of sp³-hybridized carbons (Fsp3) is 0.917. The molecule has 2 nitrogen and oxygen atoms in total. The molecule has 0 bridgehead atoms. The smallest absolute Gasteiger partial charge is 0.225 e. The highest BCUT2D eigenvalue weighted by atomic mass is 79.9. The summed E-state index contributed by atoms with van der Waals surface area (Å²) in [5.41, 5.74) is -0.0731. The fourth-order valence-electron chi connectivity index (χ4n) is 2.41. The third-order valence-electron chi connectivity index (χ3n) is 3.85. The first-order valence-corrected chi connectivity index (χ1v) is 6.96. The summed E-state index contributed by atoms with van der Waals surface area (Å²) in [6.07, 6.45) is 7.20. The number of carbonyl (C=O) groups excluding carboxylic acids is 1. The number of halogens is 1. The Hall–Kier alpha value is -0.0500. The molecule has 3 heteroatoms. The molecule has 0 aromatic rings. The van der Waals surface area contributed by atoms with E-state index in [0.29, 0.717) is 4.83 Å². The molecule has 1 amide bonds. The van der Waals surface area contributed by atoms with Gasteiger partial charge < -0.3 is 5.32 Å². The lowest BCUT2D eigenvalue weighted by molar-refractivity contribution is -0.129. The van der Waals surface area contributed by atoms with Crippen LogP contribution in [0.2, 0.25) is 0 Å². The molecule has 1 atom stereocenters. The average Bonchev–Trinajstić information content (AvgIpc) is 2.98. The lowest BCUT2D eigenvalue weighted by Gasteiger charge is -2.23. The standard InChI is InChI=1S/C12H20BrNO/c1-12(6-2-3-7-12)11(15)14-8-10(13)9-4-5-9/h9-10H,2-8H2,1H3,(H,14,15). The van der Waals surface area contributed by atoms with Crippen LogP contribution in [0.3, 0.4) is 0 Å². The normalized spacial score (nSPS) is 26.3. The zero-order valence-electron chi connectivity index (χ0n) is 9.39. The van der Waals surface area contributed by atoms with Crippen LogP contribution in [0.1, 0.15) is 45.4 Å². The molecule has 2 rings (SSSR count). The Morgan fingerprint density at radius 3 is 2.60 bits per heavy atom. The summed E-state index contributed by atoms with van der Waals surface area (Å²) in [6.45, 7) is 2.91.